The summed E-state index contributed by atoms with van der Waals surface area (Å²) in [5.41, 5.74) is 0. The van der Waals surface area contributed by atoms with Crippen LogP contribution >= 0.6 is 0 Å². The van der Waals surface area contributed by atoms with Gasteiger partial charge < -0.3 is 24.2 Å². The van der Waals surface area contributed by atoms with Crippen LogP contribution in [0.1, 0.15) is 33.1 Å². The number of hydrogen-bond donors (Lipinski definition) is 0. The smallest absolute Gasteiger partial charge is 0.409 e. The van der Waals surface area contributed by atoms with Gasteiger partial charge in [-0.25, -0.2) is 4.79 Å². The molecule has 0 aromatic rings. The van der Waals surface area contributed by atoms with Crippen molar-refractivity contribution >= 4 is 17.9 Å². The van der Waals surface area contributed by atoms with Gasteiger partial charge in [-0.15, -0.1) is 0 Å². The number of carbonyl (C=O) groups is 3. The molecule has 0 aromatic carbocycles. The van der Waals surface area contributed by atoms with E-state index in [-0.39, 0.29) is 24.0 Å². The van der Waals surface area contributed by atoms with E-state index in [4.69, 9.17) is 9.47 Å². The number of amides is 3. The molecular formula is C17H29N3O5. The first kappa shape index (κ1) is 19.5. The fourth-order valence-corrected chi connectivity index (χ4v) is 3.15. The molecule has 1 unspecified atom stereocenters. The minimum absolute atomic E-state index is 0.0158. The summed E-state index contributed by atoms with van der Waals surface area (Å²) in [4.78, 5) is 40.9. The zero-order chi connectivity index (χ0) is 18.2. The molecule has 1 atom stereocenters. The molecule has 0 aromatic heterocycles. The number of nitrogens with zero attached hydrogens (tertiary/aromatic N) is 3. The van der Waals surface area contributed by atoms with Gasteiger partial charge in [-0.05, 0) is 19.8 Å². The van der Waals surface area contributed by atoms with Gasteiger partial charge >= 0.3 is 6.09 Å². The maximum absolute atomic E-state index is 12.4. The summed E-state index contributed by atoms with van der Waals surface area (Å²) in [6, 6.07) is 0. The lowest BCUT2D eigenvalue weighted by atomic mass is 10.2. The third-order valence-corrected chi connectivity index (χ3v) is 4.65. The second-order valence-corrected chi connectivity index (χ2v) is 6.42. The highest BCUT2D eigenvalue weighted by atomic mass is 16.6. The Balaban J connectivity index is 1.73. The molecule has 142 valence electrons. The lowest BCUT2D eigenvalue weighted by Gasteiger charge is -2.34. The summed E-state index contributed by atoms with van der Waals surface area (Å²) in [6.07, 6.45) is 2.06. The van der Waals surface area contributed by atoms with Crippen molar-refractivity contribution in [1.82, 2.24) is 14.7 Å². The van der Waals surface area contributed by atoms with Crippen LogP contribution in [-0.4, -0.2) is 91.2 Å². The molecule has 2 aliphatic heterocycles. The van der Waals surface area contributed by atoms with Crippen molar-refractivity contribution in [3.63, 3.8) is 0 Å². The molecule has 0 N–H and O–H groups in total. The Bertz CT molecular complexity index is 471. The van der Waals surface area contributed by atoms with Gasteiger partial charge in [0, 0.05) is 59.2 Å². The maximum atomic E-state index is 12.4. The molecule has 0 aliphatic carbocycles. The Kier molecular flexibility index (Phi) is 7.49. The van der Waals surface area contributed by atoms with Gasteiger partial charge in [0.1, 0.15) is 0 Å². The first-order chi connectivity index (χ1) is 12.0. The van der Waals surface area contributed by atoms with E-state index >= 15 is 0 Å². The third kappa shape index (κ3) is 5.88. The topological polar surface area (TPSA) is 79.4 Å². The van der Waals surface area contributed by atoms with Crippen LogP contribution in [0.4, 0.5) is 4.79 Å². The zero-order valence-corrected chi connectivity index (χ0v) is 15.2. The number of ether oxygens (including phenoxy) is 2. The fourth-order valence-electron chi connectivity index (χ4n) is 3.15. The van der Waals surface area contributed by atoms with E-state index in [0.29, 0.717) is 52.3 Å². The molecule has 25 heavy (non-hydrogen) atoms. The van der Waals surface area contributed by atoms with Crippen LogP contribution in [0, 0.1) is 0 Å². The Labute approximate surface area is 149 Å². The van der Waals surface area contributed by atoms with Crippen molar-refractivity contribution in [2.45, 2.75) is 39.2 Å². The average Bonchev–Trinajstić information content (AvgIpc) is 3.11. The van der Waals surface area contributed by atoms with E-state index in [1.54, 1.807) is 21.6 Å². The molecule has 0 spiro atoms. The molecule has 0 saturated carbocycles. The normalized spacial score (nSPS) is 20.5. The monoisotopic (exact) mass is 355 g/mol. The molecule has 2 rings (SSSR count). The van der Waals surface area contributed by atoms with E-state index in [1.807, 2.05) is 0 Å². The highest BCUT2D eigenvalue weighted by Gasteiger charge is 2.26. The minimum Gasteiger partial charge on any atom is -0.450 e. The van der Waals surface area contributed by atoms with Gasteiger partial charge in [-0.3, -0.25) is 9.59 Å². The van der Waals surface area contributed by atoms with Crippen molar-refractivity contribution in [3.8, 4) is 0 Å². The molecular weight excluding hydrogens is 326 g/mol. The summed E-state index contributed by atoms with van der Waals surface area (Å²) < 4.78 is 10.5. The van der Waals surface area contributed by atoms with Crippen molar-refractivity contribution < 1.29 is 23.9 Å². The predicted octanol–water partition coefficient (Wildman–Crippen LogP) is 0.705. The van der Waals surface area contributed by atoms with Crippen molar-refractivity contribution in [3.05, 3.63) is 0 Å². The van der Waals surface area contributed by atoms with Gasteiger partial charge in [-0.1, -0.05) is 0 Å². The van der Waals surface area contributed by atoms with Gasteiger partial charge in [0.15, 0.2) is 0 Å². The summed E-state index contributed by atoms with van der Waals surface area (Å²) in [6.45, 7) is 7.34. The van der Waals surface area contributed by atoms with E-state index in [1.165, 1.54) is 6.92 Å². The van der Waals surface area contributed by atoms with Crippen LogP contribution in [0.5, 0.6) is 0 Å². The summed E-state index contributed by atoms with van der Waals surface area (Å²) >= 11 is 0. The molecule has 3 amide bonds. The van der Waals surface area contributed by atoms with Gasteiger partial charge in [0.25, 0.3) is 0 Å². The summed E-state index contributed by atoms with van der Waals surface area (Å²) in [5.74, 6) is -0.0162. The third-order valence-electron chi connectivity index (χ3n) is 4.65. The van der Waals surface area contributed by atoms with Crippen LogP contribution in [0.25, 0.3) is 0 Å². The molecule has 2 aliphatic rings. The van der Waals surface area contributed by atoms with Crippen molar-refractivity contribution in [2.24, 2.45) is 0 Å². The first-order valence-electron chi connectivity index (χ1n) is 9.07. The first-order valence-corrected chi connectivity index (χ1v) is 9.07. The van der Waals surface area contributed by atoms with Crippen molar-refractivity contribution in [1.29, 1.82) is 0 Å². The Hall–Kier alpha value is -1.83. The van der Waals surface area contributed by atoms with Crippen LogP contribution in [-0.2, 0) is 19.1 Å². The van der Waals surface area contributed by atoms with E-state index in [2.05, 4.69) is 0 Å². The molecule has 2 heterocycles. The average molecular weight is 355 g/mol. The largest absolute Gasteiger partial charge is 0.450 e. The molecule has 2 saturated heterocycles. The van der Waals surface area contributed by atoms with Crippen molar-refractivity contribution in [2.75, 3.05) is 52.5 Å². The minimum atomic E-state index is -0.325. The molecule has 0 radical (unpaired) electrons. The number of piperazine rings is 1. The quantitative estimate of drug-likeness (QED) is 0.701. The zero-order valence-electron chi connectivity index (χ0n) is 15.2. The number of carbonyl (C=O) groups excluding carboxylic acids is 3. The van der Waals surface area contributed by atoms with Gasteiger partial charge in [0.05, 0.1) is 12.7 Å². The molecule has 8 nitrogen and oxygen atoms in total. The SMILES string of the molecule is CCOC(=O)N1CCN(C(=O)CCN(CC2CCCO2)C(C)=O)CC1. The van der Waals surface area contributed by atoms with Crippen LogP contribution in [0.2, 0.25) is 0 Å². The maximum Gasteiger partial charge on any atom is 0.409 e. The second kappa shape index (κ2) is 9.60. The molecule has 2 fully saturated rings. The molecule has 0 bridgehead atoms. The Morgan fingerprint density at radius 1 is 1.16 bits per heavy atom. The number of hydrogen-bond acceptors (Lipinski definition) is 5. The Morgan fingerprint density at radius 3 is 2.40 bits per heavy atom. The van der Waals surface area contributed by atoms with E-state index < -0.39 is 0 Å². The standard InChI is InChI=1S/C17H29N3O5/c1-3-24-17(23)19-10-8-18(9-11-19)16(22)6-7-20(14(2)21)13-15-5-4-12-25-15/h15H,3-13H2,1-2H3. The van der Waals surface area contributed by atoms with Gasteiger partial charge in [0.2, 0.25) is 11.8 Å². The van der Waals surface area contributed by atoms with E-state index in [9.17, 15) is 14.4 Å². The lowest BCUT2D eigenvalue weighted by molar-refractivity contribution is -0.135. The molecule has 8 heteroatoms. The lowest BCUT2D eigenvalue weighted by Crippen LogP contribution is -2.51. The predicted molar refractivity (Wildman–Crippen MR) is 91.0 cm³/mol. The van der Waals surface area contributed by atoms with Crippen LogP contribution in [0.3, 0.4) is 0 Å². The van der Waals surface area contributed by atoms with E-state index in [0.717, 1.165) is 19.4 Å². The van der Waals surface area contributed by atoms with Crippen LogP contribution in [0.15, 0.2) is 0 Å². The van der Waals surface area contributed by atoms with Crippen LogP contribution < -0.4 is 0 Å². The summed E-state index contributed by atoms with van der Waals surface area (Å²) in [5, 5.41) is 0. The van der Waals surface area contributed by atoms with Gasteiger partial charge in [-0.2, -0.15) is 0 Å². The Morgan fingerprint density at radius 2 is 1.84 bits per heavy atom. The number of rotatable bonds is 6. The summed E-state index contributed by atoms with van der Waals surface area (Å²) in [7, 11) is 0. The highest BCUT2D eigenvalue weighted by molar-refractivity contribution is 5.78. The highest BCUT2D eigenvalue weighted by Crippen LogP contribution is 2.14. The second-order valence-electron chi connectivity index (χ2n) is 6.42. The fraction of sp³-hybridized carbons (Fsp3) is 0.824.